The van der Waals surface area contributed by atoms with Crippen molar-refractivity contribution >= 4 is 5.91 Å². The zero-order valence-corrected chi connectivity index (χ0v) is 10.5. The molecule has 1 aromatic heterocycles. The fourth-order valence-corrected chi connectivity index (χ4v) is 1.53. The van der Waals surface area contributed by atoms with Crippen molar-refractivity contribution in [2.75, 3.05) is 0 Å². The lowest BCUT2D eigenvalue weighted by atomic mass is 10.2. The van der Waals surface area contributed by atoms with Gasteiger partial charge in [0.05, 0.1) is 0 Å². The summed E-state index contributed by atoms with van der Waals surface area (Å²) < 4.78 is 5.54. The predicted molar refractivity (Wildman–Crippen MR) is 71.9 cm³/mol. The van der Waals surface area contributed by atoms with E-state index in [1.165, 1.54) is 0 Å². The lowest BCUT2D eigenvalue weighted by molar-refractivity contribution is 0.100. The Morgan fingerprint density at radius 2 is 1.89 bits per heavy atom. The Hall–Kier alpha value is -2.40. The maximum absolute atomic E-state index is 10.9. The van der Waals surface area contributed by atoms with Gasteiger partial charge in [0.15, 0.2) is 0 Å². The van der Waals surface area contributed by atoms with E-state index >= 15 is 0 Å². The Morgan fingerprint density at radius 1 is 1.21 bits per heavy atom. The van der Waals surface area contributed by atoms with Crippen molar-refractivity contribution in [2.45, 2.75) is 13.0 Å². The maximum atomic E-state index is 10.9. The minimum atomic E-state index is -0.467. The van der Waals surface area contributed by atoms with Crippen LogP contribution in [0.4, 0.5) is 0 Å². The molecule has 0 bridgehead atoms. The maximum Gasteiger partial charge on any atom is 0.248 e. The van der Waals surface area contributed by atoms with Gasteiger partial charge in [-0.3, -0.25) is 4.79 Å². The summed E-state index contributed by atoms with van der Waals surface area (Å²) in [5, 5.41) is 0. The first kappa shape index (κ1) is 13.0. The minimum absolute atomic E-state index is 0.0589. The van der Waals surface area contributed by atoms with Gasteiger partial charge in [0.2, 0.25) is 11.8 Å². The molecule has 0 unspecified atom stereocenters. The average Bonchev–Trinajstić information content (AvgIpc) is 2.40. The molecule has 0 saturated heterocycles. The Morgan fingerprint density at radius 3 is 2.37 bits per heavy atom. The van der Waals surface area contributed by atoms with Gasteiger partial charge in [0.1, 0.15) is 5.75 Å². The van der Waals surface area contributed by atoms with Crippen LogP contribution in [-0.4, -0.2) is 10.9 Å². The third kappa shape index (κ3) is 3.29. The van der Waals surface area contributed by atoms with E-state index in [0.29, 0.717) is 17.2 Å². The second-order valence-electron chi connectivity index (χ2n) is 4.21. The fourth-order valence-electron chi connectivity index (χ4n) is 1.53. The van der Waals surface area contributed by atoms with Gasteiger partial charge in [0, 0.05) is 23.9 Å². The number of carbonyl (C=O) groups excluding carboxylic acids is 1. The largest absolute Gasteiger partial charge is 0.439 e. The summed E-state index contributed by atoms with van der Waals surface area (Å²) in [5.74, 6) is 0.591. The summed E-state index contributed by atoms with van der Waals surface area (Å²) in [7, 11) is 0. The van der Waals surface area contributed by atoms with Gasteiger partial charge in [0.25, 0.3) is 0 Å². The molecule has 19 heavy (non-hydrogen) atoms. The van der Waals surface area contributed by atoms with Gasteiger partial charge in [-0.05, 0) is 36.8 Å². The van der Waals surface area contributed by atoms with Crippen LogP contribution in [0.25, 0.3) is 0 Å². The molecule has 0 radical (unpaired) electrons. The highest BCUT2D eigenvalue weighted by molar-refractivity contribution is 5.92. The molecule has 98 valence electrons. The predicted octanol–water partition coefficient (Wildman–Crippen LogP) is 1.99. The highest BCUT2D eigenvalue weighted by atomic mass is 16.5. The monoisotopic (exact) mass is 257 g/mol. The summed E-state index contributed by atoms with van der Waals surface area (Å²) in [6.07, 6.45) is 1.68. The zero-order chi connectivity index (χ0) is 13.8. The molecule has 0 aliphatic rings. The Bertz CT molecular complexity index is 562. The Labute approximate surface area is 111 Å². The summed E-state index contributed by atoms with van der Waals surface area (Å²) in [4.78, 5) is 15.1. The molecule has 1 heterocycles. The first-order valence-corrected chi connectivity index (χ1v) is 5.85. The third-order valence-electron chi connectivity index (χ3n) is 2.65. The van der Waals surface area contributed by atoms with Crippen molar-refractivity contribution in [1.29, 1.82) is 0 Å². The molecule has 5 nitrogen and oxygen atoms in total. The first-order valence-electron chi connectivity index (χ1n) is 5.85. The van der Waals surface area contributed by atoms with Gasteiger partial charge < -0.3 is 16.2 Å². The minimum Gasteiger partial charge on any atom is -0.439 e. The second-order valence-corrected chi connectivity index (χ2v) is 4.21. The second kappa shape index (κ2) is 5.49. The van der Waals surface area contributed by atoms with Crippen LogP contribution in [0, 0.1) is 0 Å². The Kier molecular flexibility index (Phi) is 3.77. The molecule has 4 N–H and O–H groups in total. The Balaban J connectivity index is 2.10. The van der Waals surface area contributed by atoms with Gasteiger partial charge in [-0.1, -0.05) is 6.07 Å². The van der Waals surface area contributed by atoms with Crippen LogP contribution < -0.4 is 16.2 Å². The number of carbonyl (C=O) groups is 1. The van der Waals surface area contributed by atoms with Crippen molar-refractivity contribution < 1.29 is 9.53 Å². The highest BCUT2D eigenvalue weighted by Crippen LogP contribution is 2.20. The average molecular weight is 257 g/mol. The number of hydrogen-bond acceptors (Lipinski definition) is 4. The van der Waals surface area contributed by atoms with Crippen molar-refractivity contribution in [3.05, 3.63) is 53.7 Å². The van der Waals surface area contributed by atoms with E-state index in [1.54, 1.807) is 36.5 Å². The molecule has 0 aliphatic heterocycles. The smallest absolute Gasteiger partial charge is 0.248 e. The molecule has 1 amide bonds. The standard InChI is InChI=1S/C14H15N3O2/c1-9(15)11-4-7-13(17-8-11)19-12-5-2-10(3-6-12)14(16)18/h2-9H,15H2,1H3,(H2,16,18)/t9-/m1/s1. The SMILES string of the molecule is C[C@@H](N)c1ccc(Oc2ccc(C(N)=O)cc2)nc1. The van der Waals surface area contributed by atoms with Crippen LogP contribution in [-0.2, 0) is 0 Å². The van der Waals surface area contributed by atoms with E-state index in [1.807, 2.05) is 13.0 Å². The van der Waals surface area contributed by atoms with Crippen molar-refractivity contribution in [3.8, 4) is 11.6 Å². The van der Waals surface area contributed by atoms with E-state index in [0.717, 1.165) is 5.56 Å². The highest BCUT2D eigenvalue weighted by Gasteiger charge is 2.04. The van der Waals surface area contributed by atoms with E-state index in [2.05, 4.69) is 4.98 Å². The number of primary amides is 1. The van der Waals surface area contributed by atoms with E-state index in [4.69, 9.17) is 16.2 Å². The van der Waals surface area contributed by atoms with Crippen LogP contribution in [0.2, 0.25) is 0 Å². The molecule has 5 heteroatoms. The van der Waals surface area contributed by atoms with Gasteiger partial charge in [-0.25, -0.2) is 4.98 Å². The molecule has 0 fully saturated rings. The van der Waals surface area contributed by atoms with Crippen molar-refractivity contribution in [1.82, 2.24) is 4.98 Å². The van der Waals surface area contributed by atoms with Crippen molar-refractivity contribution in [3.63, 3.8) is 0 Å². The summed E-state index contributed by atoms with van der Waals surface area (Å²) in [5.41, 5.74) is 12.3. The van der Waals surface area contributed by atoms with Crippen LogP contribution in [0.5, 0.6) is 11.6 Å². The topological polar surface area (TPSA) is 91.2 Å². The van der Waals surface area contributed by atoms with Gasteiger partial charge >= 0.3 is 0 Å². The molecule has 2 rings (SSSR count). The molecule has 0 spiro atoms. The van der Waals surface area contributed by atoms with E-state index in [9.17, 15) is 4.79 Å². The van der Waals surface area contributed by atoms with Crippen LogP contribution in [0.1, 0.15) is 28.9 Å². The number of rotatable bonds is 4. The number of nitrogens with zero attached hydrogens (tertiary/aromatic N) is 1. The van der Waals surface area contributed by atoms with Gasteiger partial charge in [-0.2, -0.15) is 0 Å². The molecule has 0 saturated carbocycles. The summed E-state index contributed by atoms with van der Waals surface area (Å²) >= 11 is 0. The van der Waals surface area contributed by atoms with Crippen molar-refractivity contribution in [2.24, 2.45) is 11.5 Å². The molecule has 2 aromatic rings. The first-order chi connectivity index (χ1) is 9.06. The van der Waals surface area contributed by atoms with Gasteiger partial charge in [-0.15, -0.1) is 0 Å². The van der Waals surface area contributed by atoms with E-state index < -0.39 is 5.91 Å². The van der Waals surface area contributed by atoms with Crippen LogP contribution >= 0.6 is 0 Å². The molecular weight excluding hydrogens is 242 g/mol. The van der Waals surface area contributed by atoms with E-state index in [-0.39, 0.29) is 6.04 Å². The van der Waals surface area contributed by atoms with Crippen LogP contribution in [0.15, 0.2) is 42.6 Å². The number of benzene rings is 1. The summed E-state index contributed by atoms with van der Waals surface area (Å²) in [6, 6.07) is 10.1. The number of aromatic nitrogens is 1. The molecular formula is C14H15N3O2. The lowest BCUT2D eigenvalue weighted by Crippen LogP contribution is -2.10. The number of amides is 1. The number of pyridine rings is 1. The number of ether oxygens (including phenoxy) is 1. The normalized spacial score (nSPS) is 11.9. The fraction of sp³-hybridized carbons (Fsp3) is 0.143. The molecule has 1 atom stereocenters. The molecule has 1 aromatic carbocycles. The molecule has 0 aliphatic carbocycles. The third-order valence-corrected chi connectivity index (χ3v) is 2.65. The number of hydrogen-bond donors (Lipinski definition) is 2. The quantitative estimate of drug-likeness (QED) is 0.876. The lowest BCUT2D eigenvalue weighted by Gasteiger charge is -2.07. The zero-order valence-electron chi connectivity index (χ0n) is 10.5. The van der Waals surface area contributed by atoms with Crippen LogP contribution in [0.3, 0.4) is 0 Å². The number of nitrogens with two attached hydrogens (primary N) is 2. The summed E-state index contributed by atoms with van der Waals surface area (Å²) in [6.45, 7) is 1.89.